The summed E-state index contributed by atoms with van der Waals surface area (Å²) in [5, 5.41) is 44.0. The normalized spacial score (nSPS) is 10.4. The lowest BCUT2D eigenvalue weighted by Crippen LogP contribution is -1.99. The standard InChI is InChI=1S/C20H18O3.C18H14O3.C13H12O3.C11H8O3/c1-2-22-17-9-10-18-16(12-17)8-11-20(19(18)13-21)23-14-15-6-4-3-5-7-15;19-11-17-16-8-7-15(20)10-14(16)6-9-18(17)21-12-13-4-2-1-3-5-13;1-2-16-10-4-5-11-9(7-10)3-6-13(15)12(11)8-14;12-6-10-9-3-2-8(13)5-7(9)1-4-11(10)14/h3-13H,2,14H2,1H3;1-11,20H,12H2;3-8,15H,2H2,1H3;1-6,13-14H. The number of hydrogen-bond acceptors (Lipinski definition) is 12. The van der Waals surface area contributed by atoms with Gasteiger partial charge in [-0.1, -0.05) is 84.9 Å². The van der Waals surface area contributed by atoms with E-state index in [1.807, 2.05) is 117 Å². The zero-order chi connectivity index (χ0) is 52.4. The number of phenolic OH excluding ortho intramolecular Hbond substituents is 4. The Labute approximate surface area is 426 Å². The number of phenols is 4. The summed E-state index contributed by atoms with van der Waals surface area (Å²) in [4.78, 5) is 44.5. The molecule has 0 unspecified atom stereocenters. The van der Waals surface area contributed by atoms with Gasteiger partial charge < -0.3 is 39.4 Å². The lowest BCUT2D eigenvalue weighted by molar-refractivity contribution is 0.111. The van der Waals surface area contributed by atoms with Gasteiger partial charge in [0, 0.05) is 0 Å². The predicted octanol–water partition coefficient (Wildman–Crippen LogP) is 13.4. The largest absolute Gasteiger partial charge is 0.508 e. The van der Waals surface area contributed by atoms with Gasteiger partial charge in [-0.15, -0.1) is 0 Å². The average molecular weight is 989 g/mol. The number of rotatable bonds is 14. The fourth-order valence-corrected chi connectivity index (χ4v) is 8.01. The van der Waals surface area contributed by atoms with E-state index in [9.17, 15) is 39.6 Å². The second-order valence-electron chi connectivity index (χ2n) is 16.4. The molecule has 12 nitrogen and oxygen atoms in total. The van der Waals surface area contributed by atoms with Crippen molar-refractivity contribution in [3.8, 4) is 46.0 Å². The first-order valence-electron chi connectivity index (χ1n) is 23.5. The molecule has 0 aromatic heterocycles. The fraction of sp³-hybridized carbons (Fsp3) is 0.0968. The zero-order valence-electron chi connectivity index (χ0n) is 40.5. The quantitative estimate of drug-likeness (QED) is 0.0757. The van der Waals surface area contributed by atoms with Gasteiger partial charge in [0.05, 0.1) is 35.5 Å². The first kappa shape index (κ1) is 52.2. The molecule has 0 amide bonds. The van der Waals surface area contributed by atoms with Crippen LogP contribution in [-0.2, 0) is 13.2 Å². The van der Waals surface area contributed by atoms with Crippen molar-refractivity contribution in [3.05, 3.63) is 215 Å². The van der Waals surface area contributed by atoms with E-state index in [1.165, 1.54) is 18.2 Å². The minimum Gasteiger partial charge on any atom is -0.508 e. The third-order valence-electron chi connectivity index (χ3n) is 11.6. The van der Waals surface area contributed by atoms with Crippen LogP contribution in [0.25, 0.3) is 43.1 Å². The molecule has 0 saturated carbocycles. The van der Waals surface area contributed by atoms with Crippen LogP contribution in [0.2, 0.25) is 0 Å². The van der Waals surface area contributed by atoms with Crippen molar-refractivity contribution in [2.75, 3.05) is 13.2 Å². The van der Waals surface area contributed by atoms with Crippen molar-refractivity contribution in [1.82, 2.24) is 0 Å². The van der Waals surface area contributed by atoms with E-state index in [-0.39, 0.29) is 28.6 Å². The highest BCUT2D eigenvalue weighted by Gasteiger charge is 2.12. The molecule has 0 bridgehead atoms. The molecule has 74 heavy (non-hydrogen) atoms. The first-order chi connectivity index (χ1) is 36.1. The second kappa shape index (κ2) is 25.4. The molecule has 10 aromatic carbocycles. The Morgan fingerprint density at radius 1 is 0.351 bits per heavy atom. The molecule has 0 spiro atoms. The van der Waals surface area contributed by atoms with Gasteiger partial charge in [-0.2, -0.15) is 0 Å². The van der Waals surface area contributed by atoms with Crippen LogP contribution in [0.1, 0.15) is 66.4 Å². The molecular formula is C62H52O12. The van der Waals surface area contributed by atoms with Crippen LogP contribution in [0.5, 0.6) is 46.0 Å². The maximum Gasteiger partial charge on any atom is 0.154 e. The summed E-state index contributed by atoms with van der Waals surface area (Å²) in [6.45, 7) is 5.92. The number of ether oxygens (including phenoxy) is 4. The molecule has 12 heteroatoms. The van der Waals surface area contributed by atoms with Crippen molar-refractivity contribution >= 4 is 68.2 Å². The van der Waals surface area contributed by atoms with E-state index in [2.05, 4.69) is 0 Å². The monoisotopic (exact) mass is 988 g/mol. The van der Waals surface area contributed by atoms with E-state index in [4.69, 9.17) is 18.9 Å². The van der Waals surface area contributed by atoms with Crippen molar-refractivity contribution in [2.24, 2.45) is 0 Å². The van der Waals surface area contributed by atoms with Crippen LogP contribution in [-0.4, -0.2) is 58.8 Å². The average Bonchev–Trinajstić information content (AvgIpc) is 3.42. The smallest absolute Gasteiger partial charge is 0.154 e. The Kier molecular flexibility index (Phi) is 17.9. The summed E-state index contributed by atoms with van der Waals surface area (Å²) >= 11 is 0. The van der Waals surface area contributed by atoms with Crippen LogP contribution in [0, 0.1) is 0 Å². The van der Waals surface area contributed by atoms with Crippen LogP contribution in [0.3, 0.4) is 0 Å². The molecule has 372 valence electrons. The first-order valence-corrected chi connectivity index (χ1v) is 23.5. The van der Waals surface area contributed by atoms with Crippen LogP contribution >= 0.6 is 0 Å². The van der Waals surface area contributed by atoms with Crippen molar-refractivity contribution in [2.45, 2.75) is 27.1 Å². The Hall–Kier alpha value is -9.68. The predicted molar refractivity (Wildman–Crippen MR) is 288 cm³/mol. The molecule has 0 aliphatic heterocycles. The summed E-state index contributed by atoms with van der Waals surface area (Å²) in [5.74, 6) is 2.99. The molecule has 4 N–H and O–H groups in total. The Morgan fingerprint density at radius 2 is 0.689 bits per heavy atom. The number of hydrogen-bond donors (Lipinski definition) is 4. The molecule has 0 fully saturated rings. The van der Waals surface area contributed by atoms with Crippen molar-refractivity contribution in [3.63, 3.8) is 0 Å². The summed E-state index contributed by atoms with van der Waals surface area (Å²) < 4.78 is 22.5. The number of aldehydes is 4. The number of carbonyl (C=O) groups is 4. The molecule has 0 radical (unpaired) electrons. The second-order valence-corrected chi connectivity index (χ2v) is 16.4. The van der Waals surface area contributed by atoms with E-state index in [0.29, 0.717) is 72.6 Å². The highest BCUT2D eigenvalue weighted by Crippen LogP contribution is 2.33. The molecular weight excluding hydrogens is 937 g/mol. The number of carbonyl (C=O) groups excluding carboxylic acids is 4. The van der Waals surface area contributed by atoms with E-state index in [0.717, 1.165) is 72.9 Å². The molecule has 0 aliphatic carbocycles. The maximum absolute atomic E-state index is 11.6. The SMILES string of the molecule is CCOc1ccc2c(C=O)c(O)ccc2c1.CCOc1ccc2c(C=O)c(OCc3ccccc3)ccc2c1.O=Cc1c(O)ccc2cc(O)ccc12.O=Cc1c(OCc2ccccc2)ccc2cc(O)ccc12. The van der Waals surface area contributed by atoms with Gasteiger partial charge in [0.15, 0.2) is 25.1 Å². The zero-order valence-corrected chi connectivity index (χ0v) is 40.5. The van der Waals surface area contributed by atoms with Gasteiger partial charge in [-0.25, -0.2) is 0 Å². The van der Waals surface area contributed by atoms with Gasteiger partial charge in [-0.3, -0.25) is 19.2 Å². The molecule has 10 aromatic rings. The van der Waals surface area contributed by atoms with Crippen LogP contribution in [0.4, 0.5) is 0 Å². The van der Waals surface area contributed by atoms with Crippen LogP contribution in [0.15, 0.2) is 182 Å². The van der Waals surface area contributed by atoms with E-state index < -0.39 is 0 Å². The minimum atomic E-state index is -0.0433. The van der Waals surface area contributed by atoms with Crippen molar-refractivity contribution < 1.29 is 58.6 Å². The van der Waals surface area contributed by atoms with Crippen LogP contribution < -0.4 is 18.9 Å². The van der Waals surface area contributed by atoms with E-state index in [1.54, 1.807) is 60.7 Å². The third-order valence-corrected chi connectivity index (χ3v) is 11.6. The lowest BCUT2D eigenvalue weighted by Gasteiger charge is -2.12. The fourth-order valence-electron chi connectivity index (χ4n) is 8.01. The highest BCUT2D eigenvalue weighted by molar-refractivity contribution is 6.04. The van der Waals surface area contributed by atoms with Gasteiger partial charge in [0.1, 0.15) is 59.2 Å². The molecule has 0 heterocycles. The topological polar surface area (TPSA) is 186 Å². The minimum absolute atomic E-state index is 0.00617. The molecule has 0 atom stereocenters. The molecule has 0 aliphatic rings. The molecule has 10 rings (SSSR count). The number of fused-ring (bicyclic) bond motifs is 4. The van der Waals surface area contributed by atoms with Gasteiger partial charge in [0.25, 0.3) is 0 Å². The Balaban J connectivity index is 0.000000147. The van der Waals surface area contributed by atoms with E-state index >= 15 is 0 Å². The summed E-state index contributed by atoms with van der Waals surface area (Å²) in [6, 6.07) is 54.1. The number of benzene rings is 10. The highest BCUT2D eigenvalue weighted by atomic mass is 16.5. The van der Waals surface area contributed by atoms with Gasteiger partial charge in [0.2, 0.25) is 0 Å². The van der Waals surface area contributed by atoms with Crippen molar-refractivity contribution in [1.29, 1.82) is 0 Å². The summed E-state index contributed by atoms with van der Waals surface area (Å²) in [5.41, 5.74) is 3.75. The third kappa shape index (κ3) is 13.0. The van der Waals surface area contributed by atoms with Gasteiger partial charge in [-0.05, 0) is 165 Å². The van der Waals surface area contributed by atoms with Gasteiger partial charge >= 0.3 is 0 Å². The Morgan fingerprint density at radius 3 is 1.05 bits per heavy atom. The summed E-state index contributed by atoms with van der Waals surface area (Å²) in [7, 11) is 0. The Bertz CT molecular complexity index is 3560. The lowest BCUT2D eigenvalue weighted by atomic mass is 10.0. The number of aromatic hydroxyl groups is 4. The molecule has 0 saturated heterocycles. The summed E-state index contributed by atoms with van der Waals surface area (Å²) in [6.07, 6.45) is 2.91. The maximum atomic E-state index is 11.6.